The molecule has 1 saturated carbocycles. The standard InChI is InChI=1S/C18H27N3O3S.ClH/c1-13-2-6-17(7-3-13)21-25(23,24)12-18(22)20-9-14-4-5-15-10-19-11-16(15)8-14;/h4-5,8,13,17,19,21H,2-3,6-7,9-12H2,1H3,(H,20,22);1H. The lowest BCUT2D eigenvalue weighted by molar-refractivity contribution is -0.118. The van der Waals surface area contributed by atoms with E-state index in [4.69, 9.17) is 0 Å². The molecule has 6 nitrogen and oxygen atoms in total. The Labute approximate surface area is 162 Å². The van der Waals surface area contributed by atoms with Crippen LogP contribution >= 0.6 is 12.4 Å². The number of benzene rings is 1. The number of hydrogen-bond donors (Lipinski definition) is 3. The number of sulfonamides is 1. The lowest BCUT2D eigenvalue weighted by Gasteiger charge is -2.26. The molecule has 1 fully saturated rings. The molecular weight excluding hydrogens is 374 g/mol. The summed E-state index contributed by atoms with van der Waals surface area (Å²) in [5.74, 6) is -0.312. The maximum atomic E-state index is 12.2. The third-order valence-electron chi connectivity index (χ3n) is 5.07. The smallest absolute Gasteiger partial charge is 0.236 e. The molecule has 1 heterocycles. The van der Waals surface area contributed by atoms with E-state index in [9.17, 15) is 13.2 Å². The molecule has 3 N–H and O–H groups in total. The van der Waals surface area contributed by atoms with Crippen molar-refractivity contribution < 1.29 is 13.2 Å². The maximum Gasteiger partial charge on any atom is 0.236 e. The molecule has 0 atom stereocenters. The van der Waals surface area contributed by atoms with Crippen LogP contribution in [0.25, 0.3) is 0 Å². The van der Waals surface area contributed by atoms with Crippen molar-refractivity contribution in [3.05, 3.63) is 34.9 Å². The number of carbonyl (C=O) groups excluding carboxylic acids is 1. The van der Waals surface area contributed by atoms with Crippen LogP contribution in [0.4, 0.5) is 0 Å². The van der Waals surface area contributed by atoms with Gasteiger partial charge in [-0.15, -0.1) is 12.4 Å². The number of rotatable bonds is 6. The zero-order chi connectivity index (χ0) is 17.9. The summed E-state index contributed by atoms with van der Waals surface area (Å²) in [5.41, 5.74) is 3.51. The molecule has 2 aliphatic rings. The van der Waals surface area contributed by atoms with Gasteiger partial charge in [-0.25, -0.2) is 13.1 Å². The van der Waals surface area contributed by atoms with Crippen LogP contribution in [0.5, 0.6) is 0 Å². The number of halogens is 1. The molecule has 3 rings (SSSR count). The van der Waals surface area contributed by atoms with Crippen LogP contribution in [0.15, 0.2) is 18.2 Å². The Hall–Kier alpha value is -1.15. The third-order valence-corrected chi connectivity index (χ3v) is 6.41. The highest BCUT2D eigenvalue weighted by molar-refractivity contribution is 7.90. The van der Waals surface area contributed by atoms with E-state index < -0.39 is 21.7 Å². The first-order chi connectivity index (χ1) is 11.9. The van der Waals surface area contributed by atoms with Gasteiger partial charge < -0.3 is 10.6 Å². The first-order valence-electron chi connectivity index (χ1n) is 8.99. The van der Waals surface area contributed by atoms with Crippen molar-refractivity contribution >= 4 is 28.3 Å². The molecule has 0 saturated heterocycles. The molecular formula is C18H28ClN3O3S. The second kappa shape index (κ2) is 9.17. The van der Waals surface area contributed by atoms with Crippen LogP contribution in [0.1, 0.15) is 49.3 Å². The Morgan fingerprint density at radius 2 is 1.85 bits per heavy atom. The lowest BCUT2D eigenvalue weighted by atomic mass is 9.88. The van der Waals surface area contributed by atoms with E-state index in [-0.39, 0.29) is 18.4 Å². The Bertz CT molecular complexity index is 731. The fourth-order valence-electron chi connectivity index (χ4n) is 3.56. The Kier molecular flexibility index (Phi) is 7.46. The van der Waals surface area contributed by atoms with Gasteiger partial charge in [0.25, 0.3) is 0 Å². The first-order valence-corrected chi connectivity index (χ1v) is 10.6. The van der Waals surface area contributed by atoms with Gasteiger partial charge in [-0.1, -0.05) is 25.1 Å². The minimum absolute atomic E-state index is 0. The number of fused-ring (bicyclic) bond motifs is 1. The summed E-state index contributed by atoms with van der Waals surface area (Å²) < 4.78 is 27.0. The van der Waals surface area contributed by atoms with Gasteiger partial charge in [0.05, 0.1) is 0 Å². The van der Waals surface area contributed by atoms with Crippen LogP contribution in [-0.4, -0.2) is 26.1 Å². The summed E-state index contributed by atoms with van der Waals surface area (Å²) in [6, 6.07) is 6.06. The minimum atomic E-state index is -3.58. The number of amides is 1. The normalized spacial score (nSPS) is 22.3. The number of hydrogen-bond acceptors (Lipinski definition) is 4. The fourth-order valence-corrected chi connectivity index (χ4v) is 4.83. The summed E-state index contributed by atoms with van der Waals surface area (Å²) in [6.45, 7) is 4.26. The Morgan fingerprint density at radius 1 is 1.15 bits per heavy atom. The molecule has 0 unspecified atom stereocenters. The van der Waals surface area contributed by atoms with Crippen molar-refractivity contribution in [3.8, 4) is 0 Å². The summed E-state index contributed by atoms with van der Waals surface area (Å²) >= 11 is 0. The van der Waals surface area contributed by atoms with Gasteiger partial charge in [-0.05, 0) is 48.3 Å². The topological polar surface area (TPSA) is 87.3 Å². The molecule has 0 radical (unpaired) electrons. The lowest BCUT2D eigenvalue weighted by Crippen LogP contribution is -2.42. The van der Waals surface area contributed by atoms with Gasteiger partial charge in [-0.2, -0.15) is 0 Å². The highest BCUT2D eigenvalue weighted by Gasteiger charge is 2.24. The molecule has 1 aromatic carbocycles. The summed E-state index contributed by atoms with van der Waals surface area (Å²) in [4.78, 5) is 12.0. The van der Waals surface area contributed by atoms with Crippen molar-refractivity contribution in [2.24, 2.45) is 5.92 Å². The van der Waals surface area contributed by atoms with Crippen LogP contribution < -0.4 is 15.4 Å². The van der Waals surface area contributed by atoms with Gasteiger partial charge in [-0.3, -0.25) is 4.79 Å². The quantitative estimate of drug-likeness (QED) is 0.678. The molecule has 1 aliphatic carbocycles. The van der Waals surface area contributed by atoms with Crippen LogP contribution in [0.3, 0.4) is 0 Å². The molecule has 1 aliphatic heterocycles. The Morgan fingerprint density at radius 3 is 2.58 bits per heavy atom. The number of nitrogens with one attached hydrogen (secondary N) is 3. The van der Waals surface area contributed by atoms with E-state index in [0.717, 1.165) is 44.3 Å². The van der Waals surface area contributed by atoms with Gasteiger partial charge >= 0.3 is 0 Å². The average molecular weight is 402 g/mol. The highest BCUT2D eigenvalue weighted by Crippen LogP contribution is 2.23. The van der Waals surface area contributed by atoms with Crippen LogP contribution in [0.2, 0.25) is 0 Å². The van der Waals surface area contributed by atoms with Gasteiger partial charge in [0.15, 0.2) is 0 Å². The van der Waals surface area contributed by atoms with Crippen molar-refractivity contribution in [2.45, 2.75) is 58.3 Å². The predicted molar refractivity (Wildman–Crippen MR) is 104 cm³/mol. The van der Waals surface area contributed by atoms with E-state index in [1.807, 2.05) is 6.07 Å². The van der Waals surface area contributed by atoms with E-state index in [1.165, 1.54) is 11.1 Å². The zero-order valence-corrected chi connectivity index (χ0v) is 16.7. The van der Waals surface area contributed by atoms with Crippen LogP contribution in [0, 0.1) is 5.92 Å². The summed E-state index contributed by atoms with van der Waals surface area (Å²) in [6.07, 6.45) is 3.77. The SMILES string of the molecule is CC1CCC(NS(=O)(=O)CC(=O)NCc2ccc3c(c2)CNC3)CC1.Cl. The van der Waals surface area contributed by atoms with E-state index in [1.54, 1.807) is 0 Å². The minimum Gasteiger partial charge on any atom is -0.351 e. The largest absolute Gasteiger partial charge is 0.351 e. The molecule has 1 amide bonds. The van der Waals surface area contributed by atoms with E-state index in [0.29, 0.717) is 12.5 Å². The first kappa shape index (κ1) is 21.2. The molecule has 146 valence electrons. The zero-order valence-electron chi connectivity index (χ0n) is 15.1. The molecule has 8 heteroatoms. The van der Waals surface area contributed by atoms with Crippen molar-refractivity contribution in [3.63, 3.8) is 0 Å². The van der Waals surface area contributed by atoms with Gasteiger partial charge in [0.1, 0.15) is 5.75 Å². The van der Waals surface area contributed by atoms with Crippen molar-refractivity contribution in [2.75, 3.05) is 5.75 Å². The predicted octanol–water partition coefficient (Wildman–Crippen LogP) is 1.83. The second-order valence-corrected chi connectivity index (χ2v) is 9.07. The molecule has 0 aromatic heterocycles. The average Bonchev–Trinajstić information content (AvgIpc) is 3.02. The monoisotopic (exact) mass is 401 g/mol. The van der Waals surface area contributed by atoms with Gasteiger partial charge in [0, 0.05) is 25.7 Å². The molecule has 26 heavy (non-hydrogen) atoms. The highest BCUT2D eigenvalue weighted by atomic mass is 35.5. The Balaban J connectivity index is 0.00000243. The molecule has 0 spiro atoms. The van der Waals surface area contributed by atoms with E-state index >= 15 is 0 Å². The van der Waals surface area contributed by atoms with Crippen molar-refractivity contribution in [1.82, 2.24) is 15.4 Å². The second-order valence-electron chi connectivity index (χ2n) is 7.32. The fraction of sp³-hybridized carbons (Fsp3) is 0.611. The van der Waals surface area contributed by atoms with Crippen molar-refractivity contribution in [1.29, 1.82) is 0 Å². The van der Waals surface area contributed by atoms with Gasteiger partial charge in [0.2, 0.25) is 15.9 Å². The summed E-state index contributed by atoms with van der Waals surface area (Å²) in [7, 11) is -3.58. The van der Waals surface area contributed by atoms with Crippen LogP contribution in [-0.2, 0) is 34.5 Å². The number of carbonyl (C=O) groups is 1. The third kappa shape index (κ3) is 5.94. The van der Waals surface area contributed by atoms with E-state index in [2.05, 4.69) is 34.4 Å². The summed E-state index contributed by atoms with van der Waals surface area (Å²) in [5, 5.41) is 5.99. The maximum absolute atomic E-state index is 12.2. The molecule has 0 bridgehead atoms. The molecule has 1 aromatic rings.